The van der Waals surface area contributed by atoms with Crippen molar-refractivity contribution in [3.05, 3.63) is 52.1 Å². The molecule has 0 aliphatic carbocycles. The first-order chi connectivity index (χ1) is 11.3. The number of rotatable bonds is 7. The summed E-state index contributed by atoms with van der Waals surface area (Å²) >= 11 is 7.24. The maximum Gasteiger partial charge on any atom is 0.106 e. The maximum absolute atomic E-state index is 4.20. The van der Waals surface area contributed by atoms with Crippen LogP contribution in [0.1, 0.15) is 37.5 Å². The van der Waals surface area contributed by atoms with Crippen LogP contribution in [0.15, 0.2) is 47.2 Å². The molecule has 23 heavy (non-hydrogen) atoms. The maximum atomic E-state index is 4.20. The first-order valence-electron chi connectivity index (χ1n) is 8.07. The largest absolute Gasteiger partial charge is 0.249 e. The Kier molecular flexibility index (Phi) is 6.03. The molecule has 0 aromatic carbocycles. The highest BCUT2D eigenvalue weighted by atomic mass is 79.9. The van der Waals surface area contributed by atoms with Gasteiger partial charge in [-0.3, -0.25) is 0 Å². The summed E-state index contributed by atoms with van der Waals surface area (Å²) in [6.07, 6.45) is 8.39. The lowest BCUT2D eigenvalue weighted by Crippen LogP contribution is -1.80. The average Bonchev–Trinajstić information content (AvgIpc) is 3.21. The van der Waals surface area contributed by atoms with Crippen molar-refractivity contribution < 1.29 is 0 Å². The molecule has 3 aromatic heterocycles. The Morgan fingerprint density at radius 3 is 2.52 bits per heavy atom. The van der Waals surface area contributed by atoms with Crippen LogP contribution in [0.3, 0.4) is 0 Å². The standard InChI is InChI=1S/C19H20BrNS2/c1-2-3-4-5-6-15-7-8-17(22-15)18-10-9-16(23-18)14-11-12-21-19(20)13-14/h7-13H,2-6H2,1H3. The van der Waals surface area contributed by atoms with Crippen molar-refractivity contribution in [2.24, 2.45) is 0 Å². The molecular formula is C19H20BrNS2. The summed E-state index contributed by atoms with van der Waals surface area (Å²) < 4.78 is 0.885. The third kappa shape index (κ3) is 4.52. The lowest BCUT2D eigenvalue weighted by Gasteiger charge is -1.97. The van der Waals surface area contributed by atoms with E-state index in [2.05, 4.69) is 64.2 Å². The number of aryl methyl sites for hydroxylation is 1. The zero-order chi connectivity index (χ0) is 16.1. The Morgan fingerprint density at radius 1 is 0.913 bits per heavy atom. The summed E-state index contributed by atoms with van der Waals surface area (Å²) in [5.41, 5.74) is 1.22. The zero-order valence-electron chi connectivity index (χ0n) is 13.2. The van der Waals surface area contributed by atoms with Crippen molar-refractivity contribution in [3.8, 4) is 20.2 Å². The van der Waals surface area contributed by atoms with Gasteiger partial charge in [-0.05, 0) is 70.7 Å². The molecular weight excluding hydrogens is 386 g/mol. The third-order valence-corrected chi connectivity index (χ3v) is 6.71. The summed E-state index contributed by atoms with van der Waals surface area (Å²) in [6, 6.07) is 13.2. The number of pyridine rings is 1. The van der Waals surface area contributed by atoms with Crippen LogP contribution in [0.5, 0.6) is 0 Å². The molecule has 3 heterocycles. The normalized spacial score (nSPS) is 11.0. The molecule has 0 fully saturated rings. The molecule has 0 unspecified atom stereocenters. The van der Waals surface area contributed by atoms with Crippen molar-refractivity contribution in [3.63, 3.8) is 0 Å². The number of halogens is 1. The molecule has 0 N–H and O–H groups in total. The molecule has 0 aliphatic rings. The minimum atomic E-state index is 0.885. The van der Waals surface area contributed by atoms with Gasteiger partial charge in [0.1, 0.15) is 4.60 Å². The van der Waals surface area contributed by atoms with E-state index in [-0.39, 0.29) is 0 Å². The smallest absolute Gasteiger partial charge is 0.106 e. The van der Waals surface area contributed by atoms with Gasteiger partial charge in [0.05, 0.1) is 0 Å². The minimum absolute atomic E-state index is 0.885. The summed E-state index contributed by atoms with van der Waals surface area (Å²) in [4.78, 5) is 9.75. The first-order valence-corrected chi connectivity index (χ1v) is 10.5. The van der Waals surface area contributed by atoms with Gasteiger partial charge in [-0.25, -0.2) is 4.98 Å². The molecule has 0 spiro atoms. The molecule has 0 aliphatic heterocycles. The molecule has 0 atom stereocenters. The molecule has 3 aromatic rings. The van der Waals surface area contributed by atoms with Gasteiger partial charge in [-0.2, -0.15) is 0 Å². The van der Waals surface area contributed by atoms with E-state index in [1.54, 1.807) is 0 Å². The molecule has 0 saturated heterocycles. The minimum Gasteiger partial charge on any atom is -0.249 e. The van der Waals surface area contributed by atoms with Crippen molar-refractivity contribution in [2.75, 3.05) is 0 Å². The molecule has 1 nitrogen and oxygen atoms in total. The van der Waals surface area contributed by atoms with Crippen LogP contribution in [0.2, 0.25) is 0 Å². The van der Waals surface area contributed by atoms with E-state index in [4.69, 9.17) is 0 Å². The van der Waals surface area contributed by atoms with Gasteiger partial charge < -0.3 is 0 Å². The Morgan fingerprint density at radius 2 is 1.70 bits per heavy atom. The monoisotopic (exact) mass is 405 g/mol. The second kappa shape index (κ2) is 8.22. The highest BCUT2D eigenvalue weighted by molar-refractivity contribution is 9.10. The second-order valence-corrected chi connectivity index (χ2v) is 8.67. The highest BCUT2D eigenvalue weighted by Crippen LogP contribution is 2.38. The summed E-state index contributed by atoms with van der Waals surface area (Å²) in [7, 11) is 0. The van der Waals surface area contributed by atoms with Crippen LogP contribution in [0.4, 0.5) is 0 Å². The van der Waals surface area contributed by atoms with Crippen LogP contribution in [-0.4, -0.2) is 4.98 Å². The van der Waals surface area contributed by atoms with Gasteiger partial charge >= 0.3 is 0 Å². The Hall–Kier alpha value is -0.970. The average molecular weight is 406 g/mol. The summed E-state index contributed by atoms with van der Waals surface area (Å²) in [6.45, 7) is 2.26. The van der Waals surface area contributed by atoms with Crippen molar-refractivity contribution >= 4 is 38.6 Å². The Labute approximate surface area is 154 Å². The predicted molar refractivity (Wildman–Crippen MR) is 106 cm³/mol. The van der Waals surface area contributed by atoms with Gasteiger partial charge in [-0.1, -0.05) is 26.2 Å². The van der Waals surface area contributed by atoms with Crippen LogP contribution >= 0.6 is 38.6 Å². The van der Waals surface area contributed by atoms with Gasteiger partial charge in [0.2, 0.25) is 0 Å². The predicted octanol–water partition coefficient (Wildman–Crippen LogP) is 7.42. The van der Waals surface area contributed by atoms with Crippen LogP contribution in [-0.2, 0) is 6.42 Å². The molecule has 0 saturated carbocycles. The summed E-state index contributed by atoms with van der Waals surface area (Å²) in [5.74, 6) is 0. The molecule has 120 valence electrons. The van der Waals surface area contributed by atoms with Crippen LogP contribution in [0, 0.1) is 0 Å². The molecule has 0 bridgehead atoms. The number of thiophene rings is 2. The number of nitrogens with zero attached hydrogens (tertiary/aromatic N) is 1. The van der Waals surface area contributed by atoms with E-state index < -0.39 is 0 Å². The van der Waals surface area contributed by atoms with E-state index in [1.165, 1.54) is 57.2 Å². The van der Waals surface area contributed by atoms with Gasteiger partial charge in [0.15, 0.2) is 0 Å². The van der Waals surface area contributed by atoms with E-state index in [0.29, 0.717) is 0 Å². The first kappa shape index (κ1) is 16.9. The van der Waals surface area contributed by atoms with Gasteiger partial charge in [-0.15, -0.1) is 22.7 Å². The molecule has 4 heteroatoms. The third-order valence-electron chi connectivity index (χ3n) is 3.80. The highest BCUT2D eigenvalue weighted by Gasteiger charge is 2.08. The molecule has 0 radical (unpaired) electrons. The van der Waals surface area contributed by atoms with E-state index in [0.717, 1.165) is 4.60 Å². The Balaban J connectivity index is 1.70. The Bertz CT molecular complexity index is 760. The fourth-order valence-electron chi connectivity index (χ4n) is 2.55. The van der Waals surface area contributed by atoms with Crippen LogP contribution in [0.25, 0.3) is 20.2 Å². The SMILES string of the molecule is CCCCCCc1ccc(-c2ccc(-c3ccnc(Br)c3)s2)s1. The van der Waals surface area contributed by atoms with Crippen molar-refractivity contribution in [1.29, 1.82) is 0 Å². The lowest BCUT2D eigenvalue weighted by atomic mass is 10.1. The number of unbranched alkanes of at least 4 members (excludes halogenated alkanes) is 3. The molecule has 0 amide bonds. The fraction of sp³-hybridized carbons (Fsp3) is 0.316. The van der Waals surface area contributed by atoms with E-state index in [9.17, 15) is 0 Å². The fourth-order valence-corrected chi connectivity index (χ4v) is 5.06. The quantitative estimate of drug-likeness (QED) is 0.294. The van der Waals surface area contributed by atoms with E-state index >= 15 is 0 Å². The number of hydrogen-bond donors (Lipinski definition) is 0. The second-order valence-electron chi connectivity index (χ2n) is 5.61. The lowest BCUT2D eigenvalue weighted by molar-refractivity contribution is 0.670. The number of hydrogen-bond acceptors (Lipinski definition) is 3. The van der Waals surface area contributed by atoms with Crippen molar-refractivity contribution in [2.45, 2.75) is 39.0 Å². The van der Waals surface area contributed by atoms with Gasteiger partial charge in [0.25, 0.3) is 0 Å². The van der Waals surface area contributed by atoms with Crippen molar-refractivity contribution in [1.82, 2.24) is 4.98 Å². The summed E-state index contributed by atoms with van der Waals surface area (Å²) in [5, 5.41) is 0. The van der Waals surface area contributed by atoms with Gasteiger partial charge in [0, 0.05) is 25.7 Å². The van der Waals surface area contributed by atoms with E-state index in [1.807, 2.05) is 28.9 Å². The molecule has 3 rings (SSSR count). The number of aromatic nitrogens is 1. The zero-order valence-corrected chi connectivity index (χ0v) is 16.4. The van der Waals surface area contributed by atoms with Crippen LogP contribution < -0.4 is 0 Å². The topological polar surface area (TPSA) is 12.9 Å².